The molecule has 3 aromatic heterocycles. The van der Waals surface area contributed by atoms with E-state index in [0.29, 0.717) is 17.4 Å². The summed E-state index contributed by atoms with van der Waals surface area (Å²) >= 11 is 1.43. The van der Waals surface area contributed by atoms with Gasteiger partial charge in [-0.3, -0.25) is 10.2 Å². The number of carbonyl (C=O) groups excluding carboxylic acids is 1. The number of nitriles is 1. The summed E-state index contributed by atoms with van der Waals surface area (Å²) in [5, 5.41) is 21.7. The molecule has 3 aromatic rings. The molecular formula is C23H24N10OS. The number of nitrogens with zero attached hydrogens (tertiary/aromatic N) is 7. The van der Waals surface area contributed by atoms with Gasteiger partial charge >= 0.3 is 0 Å². The number of hydrogen-bond acceptors (Lipinski definition) is 10. The van der Waals surface area contributed by atoms with Crippen molar-refractivity contribution in [2.75, 3.05) is 23.3 Å². The molecule has 1 unspecified atom stereocenters. The molecule has 1 saturated carbocycles. The number of pyridine rings is 1. The van der Waals surface area contributed by atoms with Crippen molar-refractivity contribution in [3.8, 4) is 11.8 Å². The number of anilines is 2. The SMILES string of the molecule is N#CC1CCN(c2cnc(C(=O)Nc3csc(C4NC=NN4)n3)cc2-n2cnc(C3CC3)c2)CC1. The lowest BCUT2D eigenvalue weighted by Gasteiger charge is -2.32. The van der Waals surface area contributed by atoms with Crippen LogP contribution in [0.1, 0.15) is 59.0 Å². The molecule has 2 aliphatic heterocycles. The average Bonchev–Trinajstić information content (AvgIpc) is 3.28. The molecule has 1 amide bonds. The maximum Gasteiger partial charge on any atom is 0.275 e. The van der Waals surface area contributed by atoms with Gasteiger partial charge < -0.3 is 20.1 Å². The zero-order valence-electron chi connectivity index (χ0n) is 18.9. The molecule has 3 aliphatic rings. The van der Waals surface area contributed by atoms with Crippen LogP contribution in [0, 0.1) is 17.2 Å². The number of hydrazone groups is 1. The Morgan fingerprint density at radius 3 is 2.80 bits per heavy atom. The highest BCUT2D eigenvalue weighted by Gasteiger charge is 2.27. The molecule has 1 atom stereocenters. The number of imidazole rings is 1. The number of thiazole rings is 1. The first-order valence-corrected chi connectivity index (χ1v) is 12.5. The van der Waals surface area contributed by atoms with Crippen molar-refractivity contribution in [2.24, 2.45) is 11.0 Å². The van der Waals surface area contributed by atoms with Gasteiger partial charge in [0, 0.05) is 36.5 Å². The van der Waals surface area contributed by atoms with Crippen LogP contribution in [0.2, 0.25) is 0 Å². The van der Waals surface area contributed by atoms with E-state index in [-0.39, 0.29) is 18.0 Å². The molecule has 5 heterocycles. The molecule has 11 nitrogen and oxygen atoms in total. The van der Waals surface area contributed by atoms with Crippen LogP contribution in [0.3, 0.4) is 0 Å². The fourth-order valence-corrected chi connectivity index (χ4v) is 5.12. The van der Waals surface area contributed by atoms with Gasteiger partial charge in [0.05, 0.1) is 35.7 Å². The molecule has 35 heavy (non-hydrogen) atoms. The Labute approximate surface area is 205 Å². The fraction of sp³-hybridized carbons (Fsp3) is 0.391. The van der Waals surface area contributed by atoms with E-state index in [1.807, 2.05) is 10.9 Å². The summed E-state index contributed by atoms with van der Waals surface area (Å²) < 4.78 is 1.98. The van der Waals surface area contributed by atoms with Crippen molar-refractivity contribution in [3.63, 3.8) is 0 Å². The third kappa shape index (κ3) is 4.42. The molecule has 0 radical (unpaired) electrons. The maximum absolute atomic E-state index is 13.1. The van der Waals surface area contributed by atoms with Crippen LogP contribution in [0.4, 0.5) is 11.5 Å². The summed E-state index contributed by atoms with van der Waals surface area (Å²) in [6.07, 6.45) is 11.0. The number of piperidine rings is 1. The summed E-state index contributed by atoms with van der Waals surface area (Å²) in [5.41, 5.74) is 6.08. The summed E-state index contributed by atoms with van der Waals surface area (Å²) in [6.45, 7) is 1.55. The van der Waals surface area contributed by atoms with E-state index >= 15 is 0 Å². The molecule has 3 N–H and O–H groups in total. The van der Waals surface area contributed by atoms with Crippen LogP contribution in [0.25, 0.3) is 5.69 Å². The zero-order valence-corrected chi connectivity index (χ0v) is 19.7. The third-order valence-electron chi connectivity index (χ3n) is 6.51. The lowest BCUT2D eigenvalue weighted by molar-refractivity contribution is 0.102. The van der Waals surface area contributed by atoms with Crippen LogP contribution in [-0.4, -0.2) is 44.9 Å². The number of hydrogen-bond donors (Lipinski definition) is 3. The Balaban J connectivity index is 1.26. The van der Waals surface area contributed by atoms with Crippen molar-refractivity contribution in [2.45, 2.75) is 37.8 Å². The number of aromatic nitrogens is 4. The Morgan fingerprint density at radius 2 is 2.06 bits per heavy atom. The molecule has 1 saturated heterocycles. The largest absolute Gasteiger partial charge is 0.368 e. The fourth-order valence-electron chi connectivity index (χ4n) is 4.37. The second-order valence-corrected chi connectivity index (χ2v) is 9.83. The second kappa shape index (κ2) is 8.99. The van der Waals surface area contributed by atoms with Gasteiger partial charge in [-0.1, -0.05) is 0 Å². The quantitative estimate of drug-likeness (QED) is 0.482. The Morgan fingerprint density at radius 1 is 1.20 bits per heavy atom. The smallest absolute Gasteiger partial charge is 0.275 e. The first kappa shape index (κ1) is 21.5. The first-order valence-electron chi connectivity index (χ1n) is 11.7. The third-order valence-corrected chi connectivity index (χ3v) is 7.42. The lowest BCUT2D eigenvalue weighted by atomic mass is 9.98. The minimum absolute atomic E-state index is 0.0895. The van der Waals surface area contributed by atoms with E-state index in [4.69, 9.17) is 0 Å². The molecule has 0 spiro atoms. The first-order chi connectivity index (χ1) is 17.2. The van der Waals surface area contributed by atoms with E-state index in [0.717, 1.165) is 48.0 Å². The summed E-state index contributed by atoms with van der Waals surface area (Å²) in [4.78, 5) is 28.9. The summed E-state index contributed by atoms with van der Waals surface area (Å²) in [7, 11) is 0. The maximum atomic E-state index is 13.1. The van der Waals surface area contributed by atoms with Crippen molar-refractivity contribution in [3.05, 3.63) is 46.6 Å². The van der Waals surface area contributed by atoms with Crippen LogP contribution < -0.4 is 21.0 Å². The number of nitrogens with one attached hydrogen (secondary N) is 3. The van der Waals surface area contributed by atoms with Gasteiger partial charge in [0.2, 0.25) is 0 Å². The highest BCUT2D eigenvalue weighted by atomic mass is 32.1. The topological polar surface area (TPSA) is 136 Å². The van der Waals surface area contributed by atoms with Crippen LogP contribution in [0.15, 0.2) is 35.3 Å². The van der Waals surface area contributed by atoms with Gasteiger partial charge in [0.25, 0.3) is 5.91 Å². The molecule has 0 bridgehead atoms. The molecular weight excluding hydrogens is 464 g/mol. The van der Waals surface area contributed by atoms with Crippen LogP contribution >= 0.6 is 11.3 Å². The normalized spacial score (nSPS) is 19.7. The highest BCUT2D eigenvalue weighted by molar-refractivity contribution is 7.10. The predicted octanol–water partition coefficient (Wildman–Crippen LogP) is 2.73. The van der Waals surface area contributed by atoms with Crippen molar-refractivity contribution in [1.29, 1.82) is 5.26 Å². The Kier molecular flexibility index (Phi) is 5.54. The zero-order chi connectivity index (χ0) is 23.8. The number of amides is 1. The lowest BCUT2D eigenvalue weighted by Crippen LogP contribution is -2.34. The molecule has 178 valence electrons. The van der Waals surface area contributed by atoms with Gasteiger partial charge in [-0.15, -0.1) is 11.3 Å². The number of carbonyl (C=O) groups is 1. The molecule has 0 aromatic carbocycles. The Hall–Kier alpha value is -3.98. The minimum atomic E-state index is -0.330. The van der Waals surface area contributed by atoms with Gasteiger partial charge in [0.15, 0.2) is 6.17 Å². The van der Waals surface area contributed by atoms with Gasteiger partial charge in [-0.2, -0.15) is 10.4 Å². The van der Waals surface area contributed by atoms with E-state index in [9.17, 15) is 10.1 Å². The van der Waals surface area contributed by atoms with Crippen LogP contribution in [-0.2, 0) is 0 Å². The second-order valence-electron chi connectivity index (χ2n) is 8.94. The minimum Gasteiger partial charge on any atom is -0.368 e. The van der Waals surface area contributed by atoms with E-state index in [1.54, 1.807) is 24.0 Å². The molecule has 2 fully saturated rings. The average molecular weight is 489 g/mol. The van der Waals surface area contributed by atoms with E-state index in [1.165, 1.54) is 24.2 Å². The predicted molar refractivity (Wildman–Crippen MR) is 131 cm³/mol. The van der Waals surface area contributed by atoms with Gasteiger partial charge in [-0.25, -0.2) is 15.0 Å². The van der Waals surface area contributed by atoms with Crippen molar-refractivity contribution < 1.29 is 4.79 Å². The van der Waals surface area contributed by atoms with Gasteiger partial charge in [0.1, 0.15) is 22.9 Å². The standard InChI is InChI=1S/C23H24N10OS/c24-8-14-3-5-32(6-4-14)19-9-25-16(7-18(19)33-10-17(27-13-33)15-1-2-15)22(34)29-20-11-35-23(30-20)21-26-12-28-31-21/h7,9-15,21,31H,1-6H2,(H,26,28)(H,29,34). The van der Waals surface area contributed by atoms with E-state index in [2.05, 4.69) is 53.3 Å². The highest BCUT2D eigenvalue weighted by Crippen LogP contribution is 2.39. The van der Waals surface area contributed by atoms with Crippen LogP contribution in [0.5, 0.6) is 0 Å². The van der Waals surface area contributed by atoms with E-state index < -0.39 is 0 Å². The molecule has 6 rings (SSSR count). The molecule has 1 aliphatic carbocycles. The van der Waals surface area contributed by atoms with Gasteiger partial charge in [-0.05, 0) is 31.7 Å². The van der Waals surface area contributed by atoms with Crippen molar-refractivity contribution in [1.82, 2.24) is 30.3 Å². The molecule has 12 heteroatoms. The summed E-state index contributed by atoms with van der Waals surface area (Å²) in [6, 6.07) is 4.19. The Bertz CT molecular complexity index is 1300. The monoisotopic (exact) mass is 488 g/mol. The van der Waals surface area contributed by atoms with Crippen molar-refractivity contribution >= 4 is 35.1 Å². The summed E-state index contributed by atoms with van der Waals surface area (Å²) in [5.74, 6) is 0.759. The number of rotatable bonds is 6.